The molecule has 4 heteroatoms. The number of ether oxygens (including phenoxy) is 2. The highest BCUT2D eigenvalue weighted by atomic mass is 16.6. The van der Waals surface area contributed by atoms with Crippen LogP contribution >= 0.6 is 0 Å². The van der Waals surface area contributed by atoms with Crippen LogP contribution in [0.25, 0.3) is 0 Å². The normalized spacial score (nSPS) is 16.6. The highest BCUT2D eigenvalue weighted by molar-refractivity contribution is 5.69. The fourth-order valence-electron chi connectivity index (χ4n) is 1.65. The molecule has 100 valence electrons. The quantitative estimate of drug-likeness (QED) is 0.505. The Morgan fingerprint density at radius 1 is 1.24 bits per heavy atom. The van der Waals surface area contributed by atoms with Crippen LogP contribution < -0.4 is 0 Å². The highest BCUT2D eigenvalue weighted by Crippen LogP contribution is 2.08. The van der Waals surface area contributed by atoms with Gasteiger partial charge < -0.3 is 14.4 Å². The zero-order valence-corrected chi connectivity index (χ0v) is 11.3. The van der Waals surface area contributed by atoms with Gasteiger partial charge in [-0.15, -0.1) is 0 Å². The van der Waals surface area contributed by atoms with Crippen LogP contribution in [0.3, 0.4) is 0 Å². The average Bonchev–Trinajstić information content (AvgIpc) is 2.10. The number of rotatable bonds is 7. The van der Waals surface area contributed by atoms with Gasteiger partial charge in [-0.2, -0.15) is 0 Å². The first kappa shape index (κ1) is 14.5. The van der Waals surface area contributed by atoms with Gasteiger partial charge in [-0.1, -0.05) is 0 Å². The number of hydrogen-bond acceptors (Lipinski definition) is 4. The molecular formula is C13H25NO3. The van der Waals surface area contributed by atoms with Gasteiger partial charge >= 0.3 is 5.97 Å². The Morgan fingerprint density at radius 2 is 1.94 bits per heavy atom. The Kier molecular flexibility index (Phi) is 5.92. The fourth-order valence-corrected chi connectivity index (χ4v) is 1.65. The summed E-state index contributed by atoms with van der Waals surface area (Å²) in [4.78, 5) is 13.8. The first-order valence-electron chi connectivity index (χ1n) is 6.49. The van der Waals surface area contributed by atoms with Crippen molar-refractivity contribution >= 4 is 5.97 Å². The molecule has 0 N–H and O–H groups in total. The second-order valence-electron chi connectivity index (χ2n) is 5.50. The van der Waals surface area contributed by atoms with E-state index in [1.54, 1.807) is 0 Å². The van der Waals surface area contributed by atoms with Gasteiger partial charge in [0.15, 0.2) is 0 Å². The van der Waals surface area contributed by atoms with Crippen LogP contribution in [0.4, 0.5) is 0 Å². The molecule has 0 spiro atoms. The van der Waals surface area contributed by atoms with Crippen molar-refractivity contribution in [3.05, 3.63) is 0 Å². The Balaban J connectivity index is 1.87. The van der Waals surface area contributed by atoms with E-state index in [4.69, 9.17) is 9.47 Å². The Morgan fingerprint density at radius 3 is 2.47 bits per heavy atom. The van der Waals surface area contributed by atoms with Crippen molar-refractivity contribution in [1.82, 2.24) is 4.90 Å². The molecule has 0 bridgehead atoms. The molecule has 4 nitrogen and oxygen atoms in total. The maximum absolute atomic E-state index is 11.3. The minimum Gasteiger partial charge on any atom is -0.460 e. The predicted octanol–water partition coefficient (Wildman–Crippen LogP) is 1.83. The summed E-state index contributed by atoms with van der Waals surface area (Å²) in [6, 6.07) is 0. The van der Waals surface area contributed by atoms with E-state index in [9.17, 15) is 4.79 Å². The summed E-state index contributed by atoms with van der Waals surface area (Å²) in [5.41, 5.74) is -0.394. The molecule has 0 radical (unpaired) electrons. The first-order valence-corrected chi connectivity index (χ1v) is 6.49. The molecule has 0 aromatic carbocycles. The minimum atomic E-state index is -0.394. The number of esters is 1. The van der Waals surface area contributed by atoms with Crippen LogP contribution in [0.1, 0.15) is 40.0 Å². The van der Waals surface area contributed by atoms with Crippen LogP contribution in [0, 0.1) is 0 Å². The molecule has 0 amide bonds. The first-order chi connectivity index (χ1) is 7.97. The molecule has 0 aromatic heterocycles. The molecule has 0 aliphatic carbocycles. The predicted molar refractivity (Wildman–Crippen MR) is 67.0 cm³/mol. The van der Waals surface area contributed by atoms with Crippen LogP contribution in [0.2, 0.25) is 0 Å². The molecule has 1 fully saturated rings. The number of hydrogen-bond donors (Lipinski definition) is 0. The molecule has 0 atom stereocenters. The van der Waals surface area contributed by atoms with Crippen molar-refractivity contribution in [2.24, 2.45) is 0 Å². The van der Waals surface area contributed by atoms with E-state index in [1.807, 2.05) is 20.8 Å². The van der Waals surface area contributed by atoms with Crippen molar-refractivity contribution in [3.63, 3.8) is 0 Å². The van der Waals surface area contributed by atoms with Crippen molar-refractivity contribution in [1.29, 1.82) is 0 Å². The third kappa shape index (κ3) is 7.34. The van der Waals surface area contributed by atoms with Gasteiger partial charge in [0.2, 0.25) is 0 Å². The van der Waals surface area contributed by atoms with E-state index in [1.165, 1.54) is 19.5 Å². The molecular weight excluding hydrogens is 218 g/mol. The molecule has 0 unspecified atom stereocenters. The SMILES string of the molecule is CC(C)(C)OC(=O)CCOCCCN1CCC1. The Hall–Kier alpha value is -0.610. The fraction of sp³-hybridized carbons (Fsp3) is 0.923. The molecule has 1 saturated heterocycles. The summed E-state index contributed by atoms with van der Waals surface area (Å²) >= 11 is 0. The molecule has 1 aliphatic heterocycles. The lowest BCUT2D eigenvalue weighted by atomic mass is 10.2. The number of carbonyl (C=O) groups is 1. The van der Waals surface area contributed by atoms with E-state index in [-0.39, 0.29) is 5.97 Å². The topological polar surface area (TPSA) is 38.8 Å². The van der Waals surface area contributed by atoms with Gasteiger partial charge in [-0.25, -0.2) is 0 Å². The zero-order chi connectivity index (χ0) is 12.7. The third-order valence-corrected chi connectivity index (χ3v) is 2.58. The Labute approximate surface area is 104 Å². The van der Waals surface area contributed by atoms with E-state index in [2.05, 4.69) is 4.90 Å². The van der Waals surface area contributed by atoms with Crippen LogP contribution in [-0.4, -0.2) is 49.3 Å². The molecule has 1 heterocycles. The summed E-state index contributed by atoms with van der Waals surface area (Å²) in [6.07, 6.45) is 2.73. The summed E-state index contributed by atoms with van der Waals surface area (Å²) in [5.74, 6) is -0.180. The van der Waals surface area contributed by atoms with Crippen molar-refractivity contribution in [2.75, 3.05) is 32.8 Å². The maximum Gasteiger partial charge on any atom is 0.308 e. The van der Waals surface area contributed by atoms with Gasteiger partial charge in [-0.3, -0.25) is 4.79 Å². The standard InChI is InChI=1S/C13H25NO3/c1-13(2,3)17-12(15)6-11-16-10-5-9-14-7-4-8-14/h4-11H2,1-3H3. The largest absolute Gasteiger partial charge is 0.460 e. The van der Waals surface area contributed by atoms with E-state index in [0.717, 1.165) is 19.6 Å². The molecule has 1 aliphatic rings. The summed E-state index contributed by atoms with van der Waals surface area (Å²) in [5, 5.41) is 0. The molecule has 17 heavy (non-hydrogen) atoms. The lowest BCUT2D eigenvalue weighted by molar-refractivity contribution is -0.156. The van der Waals surface area contributed by atoms with Crippen molar-refractivity contribution < 1.29 is 14.3 Å². The number of likely N-dealkylation sites (tertiary alicyclic amines) is 1. The van der Waals surface area contributed by atoms with Gasteiger partial charge in [0.05, 0.1) is 13.0 Å². The highest BCUT2D eigenvalue weighted by Gasteiger charge is 2.16. The van der Waals surface area contributed by atoms with Crippen LogP contribution in [-0.2, 0) is 14.3 Å². The second-order valence-corrected chi connectivity index (χ2v) is 5.50. The van der Waals surface area contributed by atoms with E-state index < -0.39 is 5.60 Å². The Bertz CT molecular complexity index is 231. The molecule has 0 aromatic rings. The summed E-state index contributed by atoms with van der Waals surface area (Å²) in [7, 11) is 0. The molecule has 1 rings (SSSR count). The van der Waals surface area contributed by atoms with Gasteiger partial charge in [-0.05, 0) is 46.7 Å². The summed E-state index contributed by atoms with van der Waals surface area (Å²) in [6.45, 7) is 10.4. The van der Waals surface area contributed by atoms with Gasteiger partial charge in [0, 0.05) is 13.2 Å². The third-order valence-electron chi connectivity index (χ3n) is 2.58. The van der Waals surface area contributed by atoms with Gasteiger partial charge in [0.1, 0.15) is 5.60 Å². The number of nitrogens with zero attached hydrogens (tertiary/aromatic N) is 1. The average molecular weight is 243 g/mol. The lowest BCUT2D eigenvalue weighted by Gasteiger charge is -2.30. The van der Waals surface area contributed by atoms with E-state index in [0.29, 0.717) is 13.0 Å². The van der Waals surface area contributed by atoms with Crippen LogP contribution in [0.5, 0.6) is 0 Å². The van der Waals surface area contributed by atoms with Gasteiger partial charge in [0.25, 0.3) is 0 Å². The summed E-state index contributed by atoms with van der Waals surface area (Å²) < 4.78 is 10.6. The monoisotopic (exact) mass is 243 g/mol. The lowest BCUT2D eigenvalue weighted by Crippen LogP contribution is -2.38. The van der Waals surface area contributed by atoms with E-state index >= 15 is 0 Å². The van der Waals surface area contributed by atoms with Crippen molar-refractivity contribution in [3.8, 4) is 0 Å². The maximum atomic E-state index is 11.3. The number of carbonyl (C=O) groups excluding carboxylic acids is 1. The smallest absolute Gasteiger partial charge is 0.308 e. The second kappa shape index (κ2) is 6.97. The zero-order valence-electron chi connectivity index (χ0n) is 11.3. The minimum absolute atomic E-state index is 0.180. The van der Waals surface area contributed by atoms with Crippen LogP contribution in [0.15, 0.2) is 0 Å². The molecule has 0 saturated carbocycles. The van der Waals surface area contributed by atoms with Crippen molar-refractivity contribution in [2.45, 2.75) is 45.6 Å².